The summed E-state index contributed by atoms with van der Waals surface area (Å²) in [7, 11) is 0. The number of aromatic nitrogens is 1. The first-order chi connectivity index (χ1) is 12.0. The summed E-state index contributed by atoms with van der Waals surface area (Å²) >= 11 is 1.84. The predicted octanol–water partition coefficient (Wildman–Crippen LogP) is 5.58. The molecule has 3 nitrogen and oxygen atoms in total. The van der Waals surface area contributed by atoms with E-state index < -0.39 is 0 Å². The van der Waals surface area contributed by atoms with Crippen molar-refractivity contribution in [2.45, 2.75) is 37.3 Å². The van der Waals surface area contributed by atoms with Crippen molar-refractivity contribution in [2.75, 3.05) is 0 Å². The lowest BCUT2D eigenvalue weighted by Crippen LogP contribution is -1.93. The van der Waals surface area contributed by atoms with E-state index >= 15 is 0 Å². The lowest BCUT2D eigenvalue weighted by Gasteiger charge is -2.11. The highest BCUT2D eigenvalue weighted by Gasteiger charge is 2.07. The number of pyridine rings is 1. The summed E-state index contributed by atoms with van der Waals surface area (Å²) in [6.07, 6.45) is 1.34. The Kier molecular flexibility index (Phi) is 5.39. The van der Waals surface area contributed by atoms with Gasteiger partial charge in [0, 0.05) is 28.0 Å². The number of hydrogen-bond acceptors (Lipinski definition) is 4. The number of nitrogens with zero attached hydrogens (tertiary/aromatic N) is 1. The Morgan fingerprint density at radius 3 is 2.68 bits per heavy atom. The molecule has 0 aliphatic carbocycles. The van der Waals surface area contributed by atoms with Crippen LogP contribution in [0.2, 0.25) is 0 Å². The molecule has 1 heterocycles. The Labute approximate surface area is 152 Å². The molecule has 2 aromatic carbocycles. The minimum atomic E-state index is 0.425. The Morgan fingerprint density at radius 2 is 1.96 bits per heavy atom. The van der Waals surface area contributed by atoms with Crippen LogP contribution in [0.25, 0.3) is 10.9 Å². The van der Waals surface area contributed by atoms with Crippen molar-refractivity contribution in [3.05, 3.63) is 59.7 Å². The third-order valence-electron chi connectivity index (χ3n) is 3.78. The van der Waals surface area contributed by atoms with Crippen molar-refractivity contribution in [1.29, 1.82) is 0 Å². The van der Waals surface area contributed by atoms with E-state index in [4.69, 9.17) is 4.74 Å². The predicted molar refractivity (Wildman–Crippen MR) is 104 cm³/mol. The first-order valence-electron chi connectivity index (χ1n) is 8.33. The lowest BCUT2D eigenvalue weighted by atomic mass is 10.1. The number of rotatable bonds is 6. The van der Waals surface area contributed by atoms with Crippen LogP contribution in [-0.4, -0.2) is 16.5 Å². The van der Waals surface area contributed by atoms with Gasteiger partial charge in [-0.3, -0.25) is 0 Å². The van der Waals surface area contributed by atoms with Crippen LogP contribution in [0, 0.1) is 6.92 Å². The van der Waals surface area contributed by atoms with Crippen LogP contribution in [0.15, 0.2) is 53.4 Å². The van der Waals surface area contributed by atoms with Gasteiger partial charge in [0.15, 0.2) is 0 Å². The zero-order chi connectivity index (χ0) is 17.8. The van der Waals surface area contributed by atoms with Crippen LogP contribution >= 0.6 is 11.8 Å². The molecule has 0 unspecified atom stereocenters. The van der Waals surface area contributed by atoms with Crippen LogP contribution in [0.4, 0.5) is 0 Å². The minimum absolute atomic E-state index is 0.425. The van der Waals surface area contributed by atoms with Crippen molar-refractivity contribution in [3.8, 4) is 11.6 Å². The number of thioether (sulfide) groups is 1. The molecule has 0 N–H and O–H groups in total. The Hall–Kier alpha value is -2.33. The molecule has 3 rings (SSSR count). The number of aldehydes is 1. The van der Waals surface area contributed by atoms with Gasteiger partial charge in [0.1, 0.15) is 12.0 Å². The number of ether oxygens (including phenoxy) is 1. The van der Waals surface area contributed by atoms with Gasteiger partial charge in [-0.2, -0.15) is 0 Å². The lowest BCUT2D eigenvalue weighted by molar-refractivity contribution is -0.107. The maximum atomic E-state index is 10.6. The molecule has 1 aromatic heterocycles. The summed E-state index contributed by atoms with van der Waals surface area (Å²) in [5.74, 6) is 1.39. The summed E-state index contributed by atoms with van der Waals surface area (Å²) in [5, 5.41) is 1.56. The molecule has 0 fully saturated rings. The third kappa shape index (κ3) is 4.40. The zero-order valence-electron chi connectivity index (χ0n) is 14.7. The van der Waals surface area contributed by atoms with E-state index in [1.807, 2.05) is 55.1 Å². The van der Waals surface area contributed by atoms with Gasteiger partial charge in [-0.1, -0.05) is 19.9 Å². The Balaban J connectivity index is 1.82. The highest BCUT2D eigenvalue weighted by atomic mass is 32.2. The van der Waals surface area contributed by atoms with Gasteiger partial charge in [0.05, 0.1) is 5.52 Å². The summed E-state index contributed by atoms with van der Waals surface area (Å²) < 4.78 is 5.98. The fourth-order valence-corrected chi connectivity index (χ4v) is 3.57. The van der Waals surface area contributed by atoms with Gasteiger partial charge >= 0.3 is 0 Å². The summed E-state index contributed by atoms with van der Waals surface area (Å²) in [5.41, 5.74) is 2.94. The van der Waals surface area contributed by atoms with Crippen molar-refractivity contribution in [3.63, 3.8) is 0 Å². The second-order valence-electron chi connectivity index (χ2n) is 6.24. The molecule has 0 radical (unpaired) electrons. The van der Waals surface area contributed by atoms with Gasteiger partial charge in [-0.25, -0.2) is 4.98 Å². The maximum absolute atomic E-state index is 10.6. The minimum Gasteiger partial charge on any atom is -0.439 e. The number of benzene rings is 2. The van der Waals surface area contributed by atoms with Crippen molar-refractivity contribution >= 4 is 29.0 Å². The van der Waals surface area contributed by atoms with Gasteiger partial charge in [-0.05, 0) is 54.4 Å². The molecule has 0 aliphatic rings. The highest BCUT2D eigenvalue weighted by molar-refractivity contribution is 7.99. The van der Waals surface area contributed by atoms with Crippen LogP contribution < -0.4 is 4.74 Å². The molecule has 0 aliphatic heterocycles. The highest BCUT2D eigenvalue weighted by Crippen LogP contribution is 2.31. The SMILES string of the molecule is Cc1cc(SC(C)C)ccc1Oc1ccc2cc(CC=O)ccc2n1. The van der Waals surface area contributed by atoms with E-state index in [0.717, 1.165) is 34.1 Å². The van der Waals surface area contributed by atoms with Gasteiger partial charge in [-0.15, -0.1) is 11.8 Å². The van der Waals surface area contributed by atoms with Crippen molar-refractivity contribution in [2.24, 2.45) is 0 Å². The molecule has 3 aromatic rings. The Bertz CT molecular complexity index is 906. The molecule has 25 heavy (non-hydrogen) atoms. The second-order valence-corrected chi connectivity index (χ2v) is 7.89. The maximum Gasteiger partial charge on any atom is 0.219 e. The molecule has 0 saturated carbocycles. The van der Waals surface area contributed by atoms with Crippen LogP contribution in [0.5, 0.6) is 11.6 Å². The van der Waals surface area contributed by atoms with Crippen LogP contribution in [0.3, 0.4) is 0 Å². The normalized spacial score (nSPS) is 11.0. The summed E-state index contributed by atoms with van der Waals surface area (Å²) in [6, 6.07) is 15.9. The molecule has 0 saturated heterocycles. The standard InChI is InChI=1S/C21H21NO2S/c1-14(2)25-18-6-8-20(15(3)12-18)24-21-9-5-17-13-16(10-11-23)4-7-19(17)22-21/h4-9,11-14H,10H2,1-3H3. The zero-order valence-corrected chi connectivity index (χ0v) is 15.5. The fourth-order valence-electron chi connectivity index (χ4n) is 2.63. The smallest absolute Gasteiger partial charge is 0.219 e. The molecule has 0 amide bonds. The quantitative estimate of drug-likeness (QED) is 0.429. The molecular formula is C21H21NO2S. The van der Waals surface area contributed by atoms with Gasteiger partial charge < -0.3 is 9.53 Å². The van der Waals surface area contributed by atoms with E-state index in [0.29, 0.717) is 17.6 Å². The fraction of sp³-hybridized carbons (Fsp3) is 0.238. The monoisotopic (exact) mass is 351 g/mol. The molecule has 4 heteroatoms. The largest absolute Gasteiger partial charge is 0.439 e. The van der Waals surface area contributed by atoms with Gasteiger partial charge in [0.2, 0.25) is 5.88 Å². The van der Waals surface area contributed by atoms with Crippen LogP contribution in [-0.2, 0) is 11.2 Å². The van der Waals surface area contributed by atoms with E-state index in [1.165, 1.54) is 4.90 Å². The van der Waals surface area contributed by atoms with E-state index in [-0.39, 0.29) is 0 Å². The first-order valence-corrected chi connectivity index (χ1v) is 9.21. The molecule has 0 spiro atoms. The third-order valence-corrected chi connectivity index (χ3v) is 4.78. The van der Waals surface area contributed by atoms with E-state index in [9.17, 15) is 4.79 Å². The average molecular weight is 351 g/mol. The molecule has 128 valence electrons. The first kappa shape index (κ1) is 17.5. The van der Waals surface area contributed by atoms with E-state index in [2.05, 4.69) is 31.0 Å². The van der Waals surface area contributed by atoms with Crippen molar-refractivity contribution in [1.82, 2.24) is 4.98 Å². The Morgan fingerprint density at radius 1 is 1.12 bits per heavy atom. The summed E-state index contributed by atoms with van der Waals surface area (Å²) in [6.45, 7) is 6.42. The molecule has 0 bridgehead atoms. The second kappa shape index (κ2) is 7.70. The average Bonchev–Trinajstić information content (AvgIpc) is 2.57. The number of aryl methyl sites for hydroxylation is 1. The van der Waals surface area contributed by atoms with Gasteiger partial charge in [0.25, 0.3) is 0 Å². The van der Waals surface area contributed by atoms with Crippen molar-refractivity contribution < 1.29 is 9.53 Å². The number of carbonyl (C=O) groups is 1. The van der Waals surface area contributed by atoms with Crippen LogP contribution in [0.1, 0.15) is 25.0 Å². The molecule has 0 atom stereocenters. The number of carbonyl (C=O) groups excluding carboxylic acids is 1. The number of fused-ring (bicyclic) bond motifs is 1. The molecular weight excluding hydrogens is 330 g/mol. The topological polar surface area (TPSA) is 39.2 Å². The number of hydrogen-bond donors (Lipinski definition) is 0. The summed E-state index contributed by atoms with van der Waals surface area (Å²) in [4.78, 5) is 16.5. The van der Waals surface area contributed by atoms with E-state index in [1.54, 1.807) is 0 Å².